The normalized spacial score (nSPS) is 8.17. The lowest BCUT2D eigenvalue weighted by Crippen LogP contribution is -1.90. The fourth-order valence-electron chi connectivity index (χ4n) is 0.774. The molecule has 0 aromatic heterocycles. The van der Waals surface area contributed by atoms with E-state index in [-0.39, 0.29) is 0 Å². The molecule has 0 heterocycles. The van der Waals surface area contributed by atoms with Gasteiger partial charge in [0.15, 0.2) is 0 Å². The number of nitrogens with two attached hydrogens (primary N) is 1. The summed E-state index contributed by atoms with van der Waals surface area (Å²) in [6, 6.07) is 5.95. The van der Waals surface area contributed by atoms with Crippen molar-refractivity contribution in [3.63, 3.8) is 0 Å². The van der Waals surface area contributed by atoms with Crippen molar-refractivity contribution in [3.05, 3.63) is 29.3 Å². The highest BCUT2D eigenvalue weighted by Crippen LogP contribution is 2.13. The predicted molar refractivity (Wildman–Crippen MR) is 49.2 cm³/mol. The first-order valence-electron chi connectivity index (χ1n) is 3.37. The molecule has 66 valence electrons. The lowest BCUT2D eigenvalue weighted by atomic mass is 10.1. The van der Waals surface area contributed by atoms with Crippen molar-refractivity contribution >= 4 is 17.3 Å². The zero-order chi connectivity index (χ0) is 9.56. The Morgan fingerprint density at radius 3 is 2.08 bits per heavy atom. The Balaban J connectivity index is 0.000000354. The van der Waals surface area contributed by atoms with E-state index in [0.717, 1.165) is 5.69 Å². The summed E-state index contributed by atoms with van der Waals surface area (Å²) in [7, 11) is 0. The topological polar surface area (TPSA) is 60.2 Å². The monoisotopic (exact) mass is 185 g/mol. The van der Waals surface area contributed by atoms with Crippen molar-refractivity contribution in [1.82, 2.24) is 0 Å². The first kappa shape index (κ1) is 10.8. The van der Waals surface area contributed by atoms with Crippen LogP contribution in [0.3, 0.4) is 0 Å². The summed E-state index contributed by atoms with van der Waals surface area (Å²) in [5.41, 5.74) is 8.96. The average molecular weight is 185 g/mol. The van der Waals surface area contributed by atoms with Crippen LogP contribution in [-0.2, 0) is 11.6 Å². The molecule has 3 nitrogen and oxygen atoms in total. The van der Waals surface area contributed by atoms with Crippen LogP contribution in [0.2, 0.25) is 0 Å². The summed E-state index contributed by atoms with van der Waals surface area (Å²) in [4.78, 5) is 0. The molecule has 0 fully saturated rings. The Bertz CT molecular complexity index is 273. The molecule has 0 bridgehead atoms. The maximum atomic E-state index is 8.29. The second-order valence-corrected chi connectivity index (χ2v) is 2.49. The minimum absolute atomic E-state index is 0.750. The zero-order valence-corrected chi connectivity index (χ0v) is 7.85. The molecular weight excluding hydrogens is 174 g/mol. The fourth-order valence-corrected chi connectivity index (χ4v) is 0.774. The molecule has 0 saturated heterocycles. The van der Waals surface area contributed by atoms with Crippen LogP contribution in [0, 0.1) is 13.8 Å². The summed E-state index contributed by atoms with van der Waals surface area (Å²) in [5, 5.41) is 0. The van der Waals surface area contributed by atoms with Crippen LogP contribution in [0.4, 0.5) is 5.69 Å². The maximum Gasteiger partial charge on any atom is 0.335 e. The van der Waals surface area contributed by atoms with Crippen molar-refractivity contribution in [3.8, 4) is 0 Å². The maximum absolute atomic E-state index is 8.29. The average Bonchev–Trinajstić information content (AvgIpc) is 2.02. The zero-order valence-electron chi connectivity index (χ0n) is 7.03. The largest absolute Gasteiger partial charge is 0.399 e. The number of hydrogen-bond acceptors (Lipinski definition) is 3. The molecule has 0 radical (unpaired) electrons. The van der Waals surface area contributed by atoms with Crippen molar-refractivity contribution in [2.45, 2.75) is 13.8 Å². The van der Waals surface area contributed by atoms with Crippen molar-refractivity contribution in [1.29, 1.82) is 0 Å². The standard InChI is InChI=1S/C8H11N.O2S/c1-6-4-3-5-8(9)7(6)2;1-3-2/h3-5H,9H2,1-2H3;. The Morgan fingerprint density at radius 1 is 1.25 bits per heavy atom. The number of anilines is 1. The Labute approximate surface area is 75.2 Å². The molecule has 1 aromatic carbocycles. The van der Waals surface area contributed by atoms with Gasteiger partial charge in [-0.1, -0.05) is 12.1 Å². The van der Waals surface area contributed by atoms with Gasteiger partial charge in [-0.3, -0.25) is 0 Å². The van der Waals surface area contributed by atoms with Gasteiger partial charge in [-0.15, -0.1) is 0 Å². The summed E-state index contributed by atoms with van der Waals surface area (Å²) in [5.74, 6) is 0. The predicted octanol–water partition coefficient (Wildman–Crippen LogP) is 1.22. The molecule has 0 spiro atoms. The van der Waals surface area contributed by atoms with Crippen molar-refractivity contribution in [2.24, 2.45) is 0 Å². The van der Waals surface area contributed by atoms with E-state index in [1.807, 2.05) is 19.1 Å². The van der Waals surface area contributed by atoms with Gasteiger partial charge in [0.25, 0.3) is 0 Å². The highest BCUT2D eigenvalue weighted by atomic mass is 32.1. The van der Waals surface area contributed by atoms with Crippen LogP contribution >= 0.6 is 0 Å². The molecule has 1 aromatic rings. The van der Waals surface area contributed by atoms with Gasteiger partial charge in [0.05, 0.1) is 0 Å². The molecule has 0 aliphatic carbocycles. The van der Waals surface area contributed by atoms with E-state index < -0.39 is 11.6 Å². The van der Waals surface area contributed by atoms with Gasteiger partial charge in [-0.05, 0) is 31.0 Å². The van der Waals surface area contributed by atoms with E-state index >= 15 is 0 Å². The molecule has 0 saturated carbocycles. The van der Waals surface area contributed by atoms with Gasteiger partial charge in [-0.2, -0.15) is 8.42 Å². The third-order valence-electron chi connectivity index (χ3n) is 1.65. The molecule has 1 rings (SSSR count). The van der Waals surface area contributed by atoms with Crippen LogP contribution in [0.15, 0.2) is 18.2 Å². The highest BCUT2D eigenvalue weighted by Gasteiger charge is 1.92. The number of nitrogen functional groups attached to an aromatic ring is 1. The van der Waals surface area contributed by atoms with E-state index in [2.05, 4.69) is 13.0 Å². The third kappa shape index (κ3) is 3.30. The molecule has 0 aliphatic rings. The molecular formula is C8H11NO2S. The SMILES string of the molecule is Cc1cccc(N)c1C.O=S=O. The van der Waals surface area contributed by atoms with Gasteiger partial charge in [0.2, 0.25) is 0 Å². The lowest BCUT2D eigenvalue weighted by molar-refractivity contribution is 0.630. The smallest absolute Gasteiger partial charge is 0.335 e. The first-order valence-corrected chi connectivity index (χ1v) is 4.03. The fraction of sp³-hybridized carbons (Fsp3) is 0.250. The molecule has 0 aliphatic heterocycles. The molecule has 0 amide bonds. The van der Waals surface area contributed by atoms with Gasteiger partial charge < -0.3 is 5.73 Å². The first-order chi connectivity index (χ1) is 5.63. The number of aryl methyl sites for hydroxylation is 1. The minimum Gasteiger partial charge on any atom is -0.399 e. The van der Waals surface area contributed by atoms with Crippen molar-refractivity contribution in [2.75, 3.05) is 5.73 Å². The van der Waals surface area contributed by atoms with Crippen LogP contribution < -0.4 is 5.73 Å². The molecule has 12 heavy (non-hydrogen) atoms. The van der Waals surface area contributed by atoms with Gasteiger partial charge in [0, 0.05) is 5.69 Å². The molecule has 0 unspecified atom stereocenters. The van der Waals surface area contributed by atoms with Gasteiger partial charge in [0.1, 0.15) is 0 Å². The minimum atomic E-state index is -0.750. The van der Waals surface area contributed by atoms with Gasteiger partial charge >= 0.3 is 11.6 Å². The second kappa shape index (κ2) is 5.49. The van der Waals surface area contributed by atoms with E-state index in [1.54, 1.807) is 0 Å². The van der Waals surface area contributed by atoms with E-state index in [0.29, 0.717) is 0 Å². The van der Waals surface area contributed by atoms with E-state index in [4.69, 9.17) is 14.2 Å². The van der Waals surface area contributed by atoms with Crippen LogP contribution in [-0.4, -0.2) is 8.42 Å². The molecule has 4 heteroatoms. The number of hydrogen-bond donors (Lipinski definition) is 1. The summed E-state index contributed by atoms with van der Waals surface area (Å²) >= 11 is -0.750. The second-order valence-electron chi connectivity index (χ2n) is 2.36. The van der Waals surface area contributed by atoms with Crippen LogP contribution in [0.5, 0.6) is 0 Å². The van der Waals surface area contributed by atoms with Gasteiger partial charge in [-0.25, -0.2) is 0 Å². The highest BCUT2D eigenvalue weighted by molar-refractivity contribution is 7.51. The van der Waals surface area contributed by atoms with Crippen molar-refractivity contribution < 1.29 is 8.42 Å². The third-order valence-corrected chi connectivity index (χ3v) is 1.65. The Kier molecular flexibility index (Phi) is 4.96. The Morgan fingerprint density at radius 2 is 1.75 bits per heavy atom. The lowest BCUT2D eigenvalue weighted by Gasteiger charge is -2.00. The summed E-state index contributed by atoms with van der Waals surface area (Å²) in [6.07, 6.45) is 0. The summed E-state index contributed by atoms with van der Waals surface area (Å²) < 4.78 is 16.6. The van der Waals surface area contributed by atoms with E-state index in [1.165, 1.54) is 11.1 Å². The summed E-state index contributed by atoms with van der Waals surface area (Å²) in [6.45, 7) is 4.09. The van der Waals surface area contributed by atoms with E-state index in [9.17, 15) is 0 Å². The number of benzene rings is 1. The molecule has 2 N–H and O–H groups in total. The quantitative estimate of drug-likeness (QED) is 0.618. The number of rotatable bonds is 0. The Hall–Kier alpha value is -1.16. The molecule has 0 atom stereocenters. The van der Waals surface area contributed by atoms with Crippen LogP contribution in [0.25, 0.3) is 0 Å². The van der Waals surface area contributed by atoms with Crippen LogP contribution in [0.1, 0.15) is 11.1 Å².